The Morgan fingerprint density at radius 2 is 1.74 bits per heavy atom. The van der Waals surface area contributed by atoms with Crippen molar-refractivity contribution in [1.29, 1.82) is 0 Å². The van der Waals surface area contributed by atoms with E-state index in [9.17, 15) is 15.0 Å². The zero-order valence-electron chi connectivity index (χ0n) is 23.3. The summed E-state index contributed by atoms with van der Waals surface area (Å²) >= 11 is 0. The number of methoxy groups -OCH3 is 1. The highest BCUT2D eigenvalue weighted by Crippen LogP contribution is 2.74. The molecule has 0 aromatic carbocycles. The molecule has 214 valence electrons. The highest BCUT2D eigenvalue weighted by Gasteiger charge is 2.74. The van der Waals surface area contributed by atoms with E-state index in [4.69, 9.17) is 23.7 Å². The van der Waals surface area contributed by atoms with Crippen LogP contribution in [0.1, 0.15) is 85.0 Å². The molecule has 0 aromatic heterocycles. The molecule has 0 radical (unpaired) electrons. The lowest BCUT2D eigenvalue weighted by atomic mass is 9.42. The van der Waals surface area contributed by atoms with Crippen LogP contribution in [0.25, 0.3) is 0 Å². The number of rotatable bonds is 3. The normalized spacial score (nSPS) is 59.4. The standard InChI is InChI=1S/C30H46O8/c1-15-23(32)25(34-4)24(33)27(35-15)36-17-7-10-28(2)16(13-17)5-6-21-20(28)8-11-29(3)19-9-12-30(21,29)38-26-18(19)14-22(31)37-26/h15-21,23-27,32-33H,5-14H2,1-4H3. The molecule has 7 aliphatic rings. The molecule has 3 aliphatic heterocycles. The first-order valence-electron chi connectivity index (χ1n) is 15.2. The van der Waals surface area contributed by atoms with Crippen LogP contribution in [0, 0.1) is 40.4 Å². The maximum Gasteiger partial charge on any atom is 0.308 e. The smallest absolute Gasteiger partial charge is 0.308 e. The van der Waals surface area contributed by atoms with Crippen LogP contribution < -0.4 is 0 Å². The van der Waals surface area contributed by atoms with Gasteiger partial charge in [0.25, 0.3) is 0 Å². The zero-order valence-corrected chi connectivity index (χ0v) is 23.3. The van der Waals surface area contributed by atoms with Gasteiger partial charge >= 0.3 is 5.97 Å². The first-order chi connectivity index (χ1) is 18.1. The number of hydrogen-bond donors (Lipinski definition) is 2. The van der Waals surface area contributed by atoms with E-state index in [1.54, 1.807) is 6.92 Å². The molecule has 4 aliphatic carbocycles. The molecule has 15 atom stereocenters. The number of carbonyl (C=O) groups excluding carboxylic acids is 1. The lowest BCUT2D eigenvalue weighted by Gasteiger charge is -2.67. The predicted molar refractivity (Wildman–Crippen MR) is 136 cm³/mol. The van der Waals surface area contributed by atoms with Crippen LogP contribution in [0.5, 0.6) is 0 Å². The van der Waals surface area contributed by atoms with Crippen molar-refractivity contribution in [2.24, 2.45) is 40.4 Å². The molecule has 2 bridgehead atoms. The Balaban J connectivity index is 1.08. The fraction of sp³-hybridized carbons (Fsp3) is 0.967. The van der Waals surface area contributed by atoms with Gasteiger partial charge < -0.3 is 33.9 Å². The first-order valence-corrected chi connectivity index (χ1v) is 15.2. The number of aliphatic hydroxyl groups is 2. The van der Waals surface area contributed by atoms with Gasteiger partial charge in [-0.2, -0.15) is 0 Å². The number of esters is 1. The van der Waals surface area contributed by atoms with E-state index in [1.165, 1.54) is 20.0 Å². The summed E-state index contributed by atoms with van der Waals surface area (Å²) in [5.74, 6) is 2.36. The monoisotopic (exact) mass is 534 g/mol. The van der Waals surface area contributed by atoms with Gasteiger partial charge in [-0.05, 0) is 93.8 Å². The quantitative estimate of drug-likeness (QED) is 0.419. The van der Waals surface area contributed by atoms with E-state index in [0.717, 1.165) is 44.9 Å². The third-order valence-electron chi connectivity index (χ3n) is 13.1. The number of carbonyl (C=O) groups is 1. The molecular weight excluding hydrogens is 488 g/mol. The molecule has 2 N–H and O–H groups in total. The number of fused-ring (bicyclic) bond motifs is 5. The Kier molecular flexibility index (Phi) is 6.10. The van der Waals surface area contributed by atoms with Crippen molar-refractivity contribution in [3.8, 4) is 0 Å². The summed E-state index contributed by atoms with van der Waals surface area (Å²) < 4.78 is 30.4. The van der Waals surface area contributed by atoms with E-state index >= 15 is 0 Å². The highest BCUT2D eigenvalue weighted by atomic mass is 16.7. The molecule has 8 heteroatoms. The van der Waals surface area contributed by atoms with Gasteiger partial charge in [-0.25, -0.2) is 0 Å². The van der Waals surface area contributed by atoms with E-state index in [-0.39, 0.29) is 40.7 Å². The molecule has 0 amide bonds. The summed E-state index contributed by atoms with van der Waals surface area (Å²) in [6.07, 6.45) is 6.35. The summed E-state index contributed by atoms with van der Waals surface area (Å²) in [5.41, 5.74) is 0.203. The summed E-state index contributed by atoms with van der Waals surface area (Å²) in [4.78, 5) is 12.2. The Morgan fingerprint density at radius 1 is 0.947 bits per heavy atom. The summed E-state index contributed by atoms with van der Waals surface area (Å²) in [6.45, 7) is 6.78. The number of aliphatic hydroxyl groups excluding tert-OH is 2. The molecule has 3 heterocycles. The van der Waals surface area contributed by atoms with E-state index in [2.05, 4.69) is 13.8 Å². The minimum absolute atomic E-state index is 0.0247. The van der Waals surface area contributed by atoms with Gasteiger partial charge in [-0.1, -0.05) is 13.8 Å². The summed E-state index contributed by atoms with van der Waals surface area (Å²) in [7, 11) is 1.50. The third kappa shape index (κ3) is 3.40. The third-order valence-corrected chi connectivity index (χ3v) is 13.1. The number of ether oxygens (including phenoxy) is 5. The Hall–Kier alpha value is -0.770. The fourth-order valence-electron chi connectivity index (χ4n) is 11.1. The van der Waals surface area contributed by atoms with Crippen molar-refractivity contribution in [1.82, 2.24) is 0 Å². The molecule has 3 saturated heterocycles. The van der Waals surface area contributed by atoms with Crippen molar-refractivity contribution < 1.29 is 38.7 Å². The first kappa shape index (κ1) is 26.1. The van der Waals surface area contributed by atoms with Crippen molar-refractivity contribution in [2.75, 3.05) is 7.11 Å². The van der Waals surface area contributed by atoms with Gasteiger partial charge in [0, 0.05) is 18.4 Å². The van der Waals surface area contributed by atoms with Gasteiger partial charge in [0.1, 0.15) is 18.3 Å². The molecule has 0 spiro atoms. The van der Waals surface area contributed by atoms with Crippen LogP contribution in [0.3, 0.4) is 0 Å². The lowest BCUT2D eigenvalue weighted by Crippen LogP contribution is -2.67. The van der Waals surface area contributed by atoms with Crippen molar-refractivity contribution in [3.63, 3.8) is 0 Å². The zero-order chi connectivity index (χ0) is 26.6. The average Bonchev–Trinajstić information content (AvgIpc) is 3.34. The largest absolute Gasteiger partial charge is 0.435 e. The Labute approximate surface area is 226 Å². The van der Waals surface area contributed by atoms with Gasteiger partial charge in [-0.15, -0.1) is 0 Å². The van der Waals surface area contributed by atoms with Crippen LogP contribution >= 0.6 is 0 Å². The molecule has 15 unspecified atom stereocenters. The van der Waals surface area contributed by atoms with E-state index in [0.29, 0.717) is 30.1 Å². The molecule has 8 nitrogen and oxygen atoms in total. The summed E-state index contributed by atoms with van der Waals surface area (Å²) in [5, 5.41) is 21.1. The van der Waals surface area contributed by atoms with Gasteiger partial charge in [0.05, 0.1) is 24.2 Å². The van der Waals surface area contributed by atoms with Gasteiger partial charge in [-0.3, -0.25) is 4.79 Å². The SMILES string of the molecule is COC1C(O)C(C)OC(OC2CCC3(C)C(CCC4C3CCC3(C)C5CCC43OC3OC(=O)CC35)C2)C1O. The van der Waals surface area contributed by atoms with Gasteiger partial charge in [0.15, 0.2) is 6.29 Å². The van der Waals surface area contributed by atoms with E-state index in [1.807, 2.05) is 0 Å². The minimum Gasteiger partial charge on any atom is -0.435 e. The highest BCUT2D eigenvalue weighted by molar-refractivity contribution is 5.72. The predicted octanol–water partition coefficient (Wildman–Crippen LogP) is 3.55. The average molecular weight is 535 g/mol. The van der Waals surface area contributed by atoms with Crippen molar-refractivity contribution in [2.45, 2.75) is 134 Å². The van der Waals surface area contributed by atoms with Crippen LogP contribution in [0.2, 0.25) is 0 Å². The Morgan fingerprint density at radius 3 is 2.53 bits per heavy atom. The molecule has 4 saturated carbocycles. The van der Waals surface area contributed by atoms with Gasteiger partial charge in [0.2, 0.25) is 6.29 Å². The van der Waals surface area contributed by atoms with Crippen LogP contribution in [-0.2, 0) is 28.5 Å². The Bertz CT molecular complexity index is 959. The van der Waals surface area contributed by atoms with Crippen molar-refractivity contribution in [3.05, 3.63) is 0 Å². The number of hydrogen-bond acceptors (Lipinski definition) is 8. The van der Waals surface area contributed by atoms with Crippen molar-refractivity contribution >= 4 is 5.97 Å². The topological polar surface area (TPSA) is 104 Å². The maximum absolute atomic E-state index is 12.2. The molecule has 7 fully saturated rings. The molecule has 38 heavy (non-hydrogen) atoms. The molecule has 7 rings (SSSR count). The van der Waals surface area contributed by atoms with Crippen LogP contribution in [0.4, 0.5) is 0 Å². The van der Waals surface area contributed by atoms with E-state index < -0.39 is 30.7 Å². The minimum atomic E-state index is -1.02. The molecular formula is C30H46O8. The van der Waals surface area contributed by atoms with Crippen LogP contribution in [-0.4, -0.2) is 72.0 Å². The summed E-state index contributed by atoms with van der Waals surface area (Å²) in [6, 6.07) is 0. The second kappa shape index (κ2) is 8.86. The second-order valence-corrected chi connectivity index (χ2v) is 14.3. The lowest BCUT2D eigenvalue weighted by molar-refractivity contribution is -0.327. The second-order valence-electron chi connectivity index (χ2n) is 14.3. The maximum atomic E-state index is 12.2. The van der Waals surface area contributed by atoms with Crippen LogP contribution in [0.15, 0.2) is 0 Å². The molecule has 0 aromatic rings. The fourth-order valence-corrected chi connectivity index (χ4v) is 11.1.